The van der Waals surface area contributed by atoms with E-state index in [1.807, 2.05) is 56.3 Å². The molecule has 0 aromatic heterocycles. The fraction of sp³-hybridized carbons (Fsp3) is 0.412. The van der Waals surface area contributed by atoms with Gasteiger partial charge in [0.25, 0.3) is 0 Å². The summed E-state index contributed by atoms with van der Waals surface area (Å²) in [6.07, 6.45) is 5.73. The maximum absolute atomic E-state index is 14.0. The highest BCUT2D eigenvalue weighted by atomic mass is 32.2. The van der Waals surface area contributed by atoms with Crippen LogP contribution in [0, 0.1) is 19.7 Å². The van der Waals surface area contributed by atoms with Crippen LogP contribution >= 0.6 is 0 Å². The summed E-state index contributed by atoms with van der Waals surface area (Å²) in [4.78, 5) is 29.3. The lowest BCUT2D eigenvalue weighted by Gasteiger charge is -2.33. The van der Waals surface area contributed by atoms with Crippen LogP contribution in [0.4, 0.5) is 10.1 Å². The van der Waals surface area contributed by atoms with Crippen molar-refractivity contribution in [3.05, 3.63) is 101 Å². The molecule has 230 valence electrons. The maximum atomic E-state index is 14.0. The van der Waals surface area contributed by atoms with Gasteiger partial charge in [-0.05, 0) is 79.6 Å². The second-order valence-corrected chi connectivity index (χ2v) is 13.5. The van der Waals surface area contributed by atoms with Crippen molar-refractivity contribution in [1.29, 1.82) is 0 Å². The molecule has 0 saturated heterocycles. The SMILES string of the molecule is Cc1ccc(N(CCCC(=O)N(Cc2ccc(F)cc2)[C@@H](Cc2ccccc2)C(=O)NC2CCCC2)S(C)(=O)=O)cc1C. The molecule has 3 aromatic rings. The zero-order valence-corrected chi connectivity index (χ0v) is 26.1. The van der Waals surface area contributed by atoms with Gasteiger partial charge >= 0.3 is 0 Å². The molecule has 1 aliphatic rings. The van der Waals surface area contributed by atoms with E-state index in [-0.39, 0.29) is 49.6 Å². The summed E-state index contributed by atoms with van der Waals surface area (Å²) in [6, 6.07) is 20.3. The summed E-state index contributed by atoms with van der Waals surface area (Å²) < 4.78 is 40.5. The van der Waals surface area contributed by atoms with E-state index >= 15 is 0 Å². The molecule has 0 spiro atoms. The molecule has 9 heteroatoms. The van der Waals surface area contributed by atoms with Crippen molar-refractivity contribution in [2.75, 3.05) is 17.1 Å². The zero-order chi connectivity index (χ0) is 31.0. The van der Waals surface area contributed by atoms with Gasteiger partial charge in [0.15, 0.2) is 0 Å². The maximum Gasteiger partial charge on any atom is 0.243 e. The third-order valence-electron chi connectivity index (χ3n) is 8.17. The fourth-order valence-corrected chi connectivity index (χ4v) is 6.55. The van der Waals surface area contributed by atoms with E-state index in [9.17, 15) is 22.4 Å². The molecule has 0 aliphatic heterocycles. The average Bonchev–Trinajstić information content (AvgIpc) is 3.48. The number of nitrogens with one attached hydrogen (secondary N) is 1. The van der Waals surface area contributed by atoms with Gasteiger partial charge in [-0.25, -0.2) is 12.8 Å². The summed E-state index contributed by atoms with van der Waals surface area (Å²) in [5.74, 6) is -0.854. The second kappa shape index (κ2) is 14.6. The van der Waals surface area contributed by atoms with Crippen LogP contribution in [-0.4, -0.2) is 50.0 Å². The summed E-state index contributed by atoms with van der Waals surface area (Å²) in [6.45, 7) is 4.14. The summed E-state index contributed by atoms with van der Waals surface area (Å²) in [5.41, 5.74) is 4.21. The van der Waals surface area contributed by atoms with Crippen molar-refractivity contribution >= 4 is 27.5 Å². The largest absolute Gasteiger partial charge is 0.352 e. The number of hydrogen-bond donors (Lipinski definition) is 1. The first-order valence-electron chi connectivity index (χ1n) is 14.9. The molecule has 3 aromatic carbocycles. The van der Waals surface area contributed by atoms with Crippen molar-refractivity contribution in [1.82, 2.24) is 10.2 Å². The lowest BCUT2D eigenvalue weighted by Crippen LogP contribution is -2.52. The van der Waals surface area contributed by atoms with Crippen molar-refractivity contribution in [3.8, 4) is 0 Å². The molecular weight excluding hydrogens is 565 g/mol. The Morgan fingerprint density at radius 2 is 1.60 bits per heavy atom. The van der Waals surface area contributed by atoms with Gasteiger partial charge in [0.2, 0.25) is 21.8 Å². The smallest absolute Gasteiger partial charge is 0.243 e. The monoisotopic (exact) mass is 607 g/mol. The van der Waals surface area contributed by atoms with Crippen LogP contribution in [0.25, 0.3) is 0 Å². The quantitative estimate of drug-likeness (QED) is 0.271. The van der Waals surface area contributed by atoms with Crippen LogP contribution in [0.1, 0.15) is 60.8 Å². The van der Waals surface area contributed by atoms with E-state index < -0.39 is 16.1 Å². The molecule has 1 N–H and O–H groups in total. The van der Waals surface area contributed by atoms with Crippen LogP contribution in [0.15, 0.2) is 72.8 Å². The number of hydrogen-bond acceptors (Lipinski definition) is 4. The number of amides is 2. The highest BCUT2D eigenvalue weighted by Crippen LogP contribution is 2.23. The van der Waals surface area contributed by atoms with Crippen LogP contribution in [0.2, 0.25) is 0 Å². The minimum Gasteiger partial charge on any atom is -0.352 e. The number of carbonyl (C=O) groups is 2. The Bertz CT molecular complexity index is 1490. The predicted molar refractivity (Wildman–Crippen MR) is 169 cm³/mol. The third-order valence-corrected chi connectivity index (χ3v) is 9.36. The highest BCUT2D eigenvalue weighted by molar-refractivity contribution is 7.92. The van der Waals surface area contributed by atoms with E-state index in [0.29, 0.717) is 17.7 Å². The third kappa shape index (κ3) is 9.13. The molecule has 0 radical (unpaired) electrons. The minimum absolute atomic E-state index is 0.0417. The molecule has 7 nitrogen and oxygen atoms in total. The fourth-order valence-electron chi connectivity index (χ4n) is 5.59. The van der Waals surface area contributed by atoms with E-state index in [2.05, 4.69) is 5.32 Å². The summed E-state index contributed by atoms with van der Waals surface area (Å²) >= 11 is 0. The Morgan fingerprint density at radius 3 is 2.23 bits per heavy atom. The van der Waals surface area contributed by atoms with Crippen molar-refractivity contribution < 1.29 is 22.4 Å². The number of anilines is 1. The Morgan fingerprint density at radius 1 is 0.930 bits per heavy atom. The highest BCUT2D eigenvalue weighted by Gasteiger charge is 2.32. The van der Waals surface area contributed by atoms with E-state index in [4.69, 9.17) is 0 Å². The molecule has 1 atom stereocenters. The number of rotatable bonds is 13. The molecule has 0 heterocycles. The standard InChI is InChI=1S/C34H42FN3O4S/c1-25-15-20-31(22-26(25)2)38(43(3,41)42)21-9-14-33(39)37(24-28-16-18-29(35)19-17-28)32(23-27-10-5-4-6-11-27)34(40)36-30-12-7-8-13-30/h4-6,10-11,15-20,22,30,32H,7-9,12-14,21,23-24H2,1-3H3,(H,36,40)/t32-/m0/s1. The topological polar surface area (TPSA) is 86.8 Å². The number of sulfonamides is 1. The number of aryl methyl sites for hydroxylation is 2. The number of benzene rings is 3. The molecule has 0 unspecified atom stereocenters. The molecule has 2 amide bonds. The predicted octanol–water partition coefficient (Wildman–Crippen LogP) is 5.69. The van der Waals surface area contributed by atoms with Gasteiger partial charge in [-0.3, -0.25) is 13.9 Å². The number of halogens is 1. The molecular formula is C34H42FN3O4S. The molecule has 1 aliphatic carbocycles. The molecule has 4 rings (SSSR count). The van der Waals surface area contributed by atoms with Gasteiger partial charge in [-0.15, -0.1) is 0 Å². The van der Waals surface area contributed by atoms with E-state index in [1.165, 1.54) is 16.4 Å². The Balaban J connectivity index is 1.58. The number of carbonyl (C=O) groups excluding carboxylic acids is 2. The lowest BCUT2D eigenvalue weighted by atomic mass is 10.0. The van der Waals surface area contributed by atoms with Gasteiger partial charge in [0.1, 0.15) is 11.9 Å². The minimum atomic E-state index is -3.59. The van der Waals surface area contributed by atoms with Gasteiger partial charge < -0.3 is 10.2 Å². The van der Waals surface area contributed by atoms with Gasteiger partial charge in [0, 0.05) is 32.0 Å². The van der Waals surface area contributed by atoms with Crippen LogP contribution < -0.4 is 9.62 Å². The van der Waals surface area contributed by atoms with Gasteiger partial charge in [-0.1, -0.05) is 61.4 Å². The zero-order valence-electron chi connectivity index (χ0n) is 25.3. The van der Waals surface area contributed by atoms with Crippen molar-refractivity contribution in [3.63, 3.8) is 0 Å². The lowest BCUT2D eigenvalue weighted by molar-refractivity contribution is -0.141. The second-order valence-electron chi connectivity index (χ2n) is 11.6. The Kier molecular flexibility index (Phi) is 11.0. The van der Waals surface area contributed by atoms with Crippen molar-refractivity contribution in [2.45, 2.75) is 77.4 Å². The van der Waals surface area contributed by atoms with Crippen LogP contribution in [0.5, 0.6) is 0 Å². The molecule has 1 saturated carbocycles. The number of nitrogens with zero attached hydrogens (tertiary/aromatic N) is 2. The molecule has 0 bridgehead atoms. The van der Waals surface area contributed by atoms with Gasteiger partial charge in [-0.2, -0.15) is 0 Å². The van der Waals surface area contributed by atoms with E-state index in [1.54, 1.807) is 23.1 Å². The Hall–Kier alpha value is -3.72. The molecule has 1 fully saturated rings. The van der Waals surface area contributed by atoms with Crippen molar-refractivity contribution in [2.24, 2.45) is 0 Å². The first kappa shape index (κ1) is 32.2. The van der Waals surface area contributed by atoms with Gasteiger partial charge in [0.05, 0.1) is 11.9 Å². The first-order valence-corrected chi connectivity index (χ1v) is 16.8. The first-order chi connectivity index (χ1) is 20.5. The van der Waals surface area contributed by atoms with Crippen LogP contribution in [-0.2, 0) is 32.6 Å². The van der Waals surface area contributed by atoms with Crippen LogP contribution in [0.3, 0.4) is 0 Å². The molecule has 43 heavy (non-hydrogen) atoms. The average molecular weight is 608 g/mol. The van der Waals surface area contributed by atoms with E-state index in [0.717, 1.165) is 48.6 Å². The summed E-state index contributed by atoms with van der Waals surface area (Å²) in [5, 5.41) is 3.17. The summed E-state index contributed by atoms with van der Waals surface area (Å²) in [7, 11) is -3.59. The normalized spacial score (nSPS) is 14.3. The Labute approximate surface area is 255 Å².